The van der Waals surface area contributed by atoms with Crippen molar-refractivity contribution < 1.29 is 17.9 Å². The summed E-state index contributed by atoms with van der Waals surface area (Å²) in [6, 6.07) is 15.2. The van der Waals surface area contributed by atoms with E-state index in [1.165, 1.54) is 35.7 Å². The molecule has 132 valence electrons. The molecule has 3 rings (SSSR count). The predicted molar refractivity (Wildman–Crippen MR) is 93.7 cm³/mol. The van der Waals surface area contributed by atoms with E-state index >= 15 is 0 Å². The number of esters is 1. The number of carbonyl (C=O) groups excluding carboxylic acids is 1. The van der Waals surface area contributed by atoms with Gasteiger partial charge in [0, 0.05) is 25.0 Å². The Morgan fingerprint density at radius 2 is 1.72 bits per heavy atom. The van der Waals surface area contributed by atoms with E-state index in [4.69, 9.17) is 5.73 Å². The molecule has 2 N–H and O–H groups in total. The van der Waals surface area contributed by atoms with Gasteiger partial charge in [0.15, 0.2) is 0 Å². The lowest BCUT2D eigenvalue weighted by atomic mass is 9.95. The Morgan fingerprint density at radius 3 is 2.32 bits per heavy atom. The summed E-state index contributed by atoms with van der Waals surface area (Å²) in [5.41, 5.74) is 7.53. The Balaban J connectivity index is 1.82. The lowest BCUT2D eigenvalue weighted by molar-refractivity contribution is 0.0600. The van der Waals surface area contributed by atoms with Crippen molar-refractivity contribution in [3.8, 4) is 0 Å². The maximum atomic E-state index is 12.9. The molecule has 0 spiro atoms. The van der Waals surface area contributed by atoms with Gasteiger partial charge in [-0.05, 0) is 29.8 Å². The number of nitrogens with two attached hydrogens (primary N) is 1. The van der Waals surface area contributed by atoms with E-state index in [9.17, 15) is 13.2 Å². The molecule has 1 saturated heterocycles. The molecule has 2 aromatic carbocycles. The molecule has 0 bridgehead atoms. The van der Waals surface area contributed by atoms with Crippen LogP contribution in [-0.4, -0.2) is 44.9 Å². The monoisotopic (exact) mass is 360 g/mol. The smallest absolute Gasteiger partial charge is 0.337 e. The van der Waals surface area contributed by atoms with Crippen LogP contribution < -0.4 is 5.73 Å². The van der Waals surface area contributed by atoms with Crippen molar-refractivity contribution in [3.05, 3.63) is 65.7 Å². The van der Waals surface area contributed by atoms with E-state index in [1.54, 1.807) is 0 Å². The summed E-state index contributed by atoms with van der Waals surface area (Å²) < 4.78 is 31.8. The summed E-state index contributed by atoms with van der Waals surface area (Å²) in [5, 5.41) is 0. The second kappa shape index (κ2) is 6.95. The van der Waals surface area contributed by atoms with Crippen molar-refractivity contribution in [2.24, 2.45) is 5.73 Å². The summed E-state index contributed by atoms with van der Waals surface area (Å²) in [6.07, 6.45) is 0. The van der Waals surface area contributed by atoms with Crippen LogP contribution in [0.3, 0.4) is 0 Å². The third-order valence-electron chi connectivity index (χ3n) is 4.47. The van der Waals surface area contributed by atoms with Crippen molar-refractivity contribution in [2.75, 3.05) is 20.2 Å². The van der Waals surface area contributed by atoms with Crippen molar-refractivity contribution >= 4 is 16.0 Å². The van der Waals surface area contributed by atoms with E-state index in [-0.39, 0.29) is 23.4 Å². The molecular formula is C18H20N2O4S. The maximum absolute atomic E-state index is 12.9. The molecule has 2 atom stereocenters. The van der Waals surface area contributed by atoms with Crippen LogP contribution in [0.1, 0.15) is 21.8 Å². The minimum Gasteiger partial charge on any atom is -0.465 e. The molecule has 0 aliphatic carbocycles. The maximum Gasteiger partial charge on any atom is 0.337 e. The normalized spacial score (nSPS) is 21.2. The van der Waals surface area contributed by atoms with Crippen LogP contribution >= 0.6 is 0 Å². The molecule has 1 fully saturated rings. The van der Waals surface area contributed by atoms with E-state index < -0.39 is 16.0 Å². The number of ether oxygens (including phenoxy) is 1. The minimum atomic E-state index is -3.66. The molecule has 1 heterocycles. The van der Waals surface area contributed by atoms with E-state index in [0.29, 0.717) is 12.1 Å². The first-order valence-corrected chi connectivity index (χ1v) is 9.36. The zero-order valence-electron chi connectivity index (χ0n) is 13.8. The molecule has 1 aliphatic rings. The Bertz CT molecular complexity index is 850. The first-order valence-electron chi connectivity index (χ1n) is 7.92. The molecular weight excluding hydrogens is 340 g/mol. The molecule has 25 heavy (non-hydrogen) atoms. The first-order chi connectivity index (χ1) is 11.9. The van der Waals surface area contributed by atoms with Gasteiger partial charge in [-0.3, -0.25) is 0 Å². The third-order valence-corrected chi connectivity index (χ3v) is 6.32. The number of hydrogen-bond donors (Lipinski definition) is 1. The van der Waals surface area contributed by atoms with Crippen LogP contribution in [0.2, 0.25) is 0 Å². The van der Waals surface area contributed by atoms with Crippen molar-refractivity contribution in [1.29, 1.82) is 0 Å². The molecule has 0 saturated carbocycles. The fourth-order valence-corrected chi connectivity index (χ4v) is 4.57. The Kier molecular flexibility index (Phi) is 4.89. The summed E-state index contributed by atoms with van der Waals surface area (Å²) in [4.78, 5) is 11.6. The molecule has 7 heteroatoms. The number of methoxy groups -OCH3 is 1. The predicted octanol–water partition coefficient (Wildman–Crippen LogP) is 1.59. The average molecular weight is 360 g/mol. The number of nitrogens with zero attached hydrogens (tertiary/aromatic N) is 1. The SMILES string of the molecule is COC(=O)c1ccc(S(=O)(=O)N2C[C@@H](N)[C@H](c3ccccc3)C2)cc1. The van der Waals surface area contributed by atoms with Gasteiger partial charge in [-0.1, -0.05) is 30.3 Å². The summed E-state index contributed by atoms with van der Waals surface area (Å²) >= 11 is 0. The molecule has 2 aromatic rings. The number of hydrogen-bond acceptors (Lipinski definition) is 5. The van der Waals surface area contributed by atoms with E-state index in [2.05, 4.69) is 4.74 Å². The number of rotatable bonds is 4. The van der Waals surface area contributed by atoms with Gasteiger partial charge < -0.3 is 10.5 Å². The topological polar surface area (TPSA) is 89.7 Å². The minimum absolute atomic E-state index is 0.0367. The highest BCUT2D eigenvalue weighted by Crippen LogP contribution is 2.30. The molecule has 1 aliphatic heterocycles. The molecule has 0 aromatic heterocycles. The van der Waals surface area contributed by atoms with Gasteiger partial charge in [-0.25, -0.2) is 13.2 Å². The lowest BCUT2D eigenvalue weighted by Crippen LogP contribution is -2.32. The summed E-state index contributed by atoms with van der Waals surface area (Å²) in [6.45, 7) is 0.604. The zero-order valence-corrected chi connectivity index (χ0v) is 14.6. The van der Waals surface area contributed by atoms with Crippen LogP contribution in [0.15, 0.2) is 59.5 Å². The highest BCUT2D eigenvalue weighted by atomic mass is 32.2. The molecule has 0 unspecified atom stereocenters. The second-order valence-electron chi connectivity index (χ2n) is 6.02. The molecule has 0 amide bonds. The number of carbonyl (C=O) groups is 1. The van der Waals surface area contributed by atoms with Gasteiger partial charge >= 0.3 is 5.97 Å². The summed E-state index contributed by atoms with van der Waals surface area (Å²) in [5.74, 6) is -0.540. The standard InChI is InChI=1S/C18H20N2O4S/c1-24-18(21)14-7-9-15(10-8-14)25(22,23)20-11-16(17(19)12-20)13-5-3-2-4-6-13/h2-10,16-17H,11-12,19H2,1H3/t16-,17+/m0/s1. The van der Waals surface area contributed by atoms with Gasteiger partial charge in [0.25, 0.3) is 0 Å². The van der Waals surface area contributed by atoms with Gasteiger partial charge in [0.1, 0.15) is 0 Å². The van der Waals surface area contributed by atoms with Crippen molar-refractivity contribution in [3.63, 3.8) is 0 Å². The van der Waals surface area contributed by atoms with Crippen LogP contribution in [0.4, 0.5) is 0 Å². The van der Waals surface area contributed by atoms with E-state index in [1.807, 2.05) is 30.3 Å². The summed E-state index contributed by atoms with van der Waals surface area (Å²) in [7, 11) is -2.38. The highest BCUT2D eigenvalue weighted by Gasteiger charge is 2.38. The van der Waals surface area contributed by atoms with Gasteiger partial charge in [0.05, 0.1) is 17.6 Å². The van der Waals surface area contributed by atoms with Gasteiger partial charge in [-0.2, -0.15) is 4.31 Å². The quantitative estimate of drug-likeness (QED) is 0.836. The van der Waals surface area contributed by atoms with Gasteiger partial charge in [0.2, 0.25) is 10.0 Å². The first kappa shape index (κ1) is 17.6. The number of benzene rings is 2. The average Bonchev–Trinajstić information content (AvgIpc) is 3.04. The van der Waals surface area contributed by atoms with Crippen molar-refractivity contribution in [1.82, 2.24) is 4.31 Å². The zero-order chi connectivity index (χ0) is 18.0. The Hall–Kier alpha value is -2.22. The lowest BCUT2D eigenvalue weighted by Gasteiger charge is -2.17. The largest absolute Gasteiger partial charge is 0.465 e. The molecule has 0 radical (unpaired) electrons. The van der Waals surface area contributed by atoms with Crippen molar-refractivity contribution in [2.45, 2.75) is 16.9 Å². The fraction of sp³-hybridized carbons (Fsp3) is 0.278. The van der Waals surface area contributed by atoms with Gasteiger partial charge in [-0.15, -0.1) is 0 Å². The van der Waals surface area contributed by atoms with Crippen LogP contribution in [0.25, 0.3) is 0 Å². The fourth-order valence-electron chi connectivity index (χ4n) is 3.07. The third kappa shape index (κ3) is 3.44. The second-order valence-corrected chi connectivity index (χ2v) is 7.96. The highest BCUT2D eigenvalue weighted by molar-refractivity contribution is 7.89. The van der Waals surface area contributed by atoms with E-state index in [0.717, 1.165) is 5.56 Å². The number of sulfonamides is 1. The van der Waals surface area contributed by atoms with Crippen LogP contribution in [-0.2, 0) is 14.8 Å². The molecule has 6 nitrogen and oxygen atoms in total. The Labute approximate surface area is 147 Å². The van der Waals surface area contributed by atoms with Crippen LogP contribution in [0.5, 0.6) is 0 Å². The van der Waals surface area contributed by atoms with Crippen LogP contribution in [0, 0.1) is 0 Å². The Morgan fingerprint density at radius 1 is 1.08 bits per heavy atom.